The number of aromatic nitrogens is 2. The van der Waals surface area contributed by atoms with Crippen LogP contribution in [-0.2, 0) is 10.0 Å². The second-order valence-corrected chi connectivity index (χ2v) is 7.35. The minimum atomic E-state index is -3.51. The number of sulfonamides is 1. The van der Waals surface area contributed by atoms with Gasteiger partial charge in [-0.05, 0) is 24.8 Å². The minimum absolute atomic E-state index is 0.126. The Morgan fingerprint density at radius 1 is 1.67 bits per heavy atom. The van der Waals surface area contributed by atoms with Crippen LogP contribution in [0.25, 0.3) is 0 Å². The van der Waals surface area contributed by atoms with E-state index in [4.69, 9.17) is 0 Å². The van der Waals surface area contributed by atoms with Crippen LogP contribution in [0.2, 0.25) is 0 Å². The lowest BCUT2D eigenvalue weighted by Crippen LogP contribution is -2.52. The molecule has 1 fully saturated rings. The van der Waals surface area contributed by atoms with Crippen LogP contribution in [0.15, 0.2) is 17.3 Å². The van der Waals surface area contributed by atoms with E-state index in [1.165, 1.54) is 18.7 Å². The van der Waals surface area contributed by atoms with Gasteiger partial charge in [-0.3, -0.25) is 5.10 Å². The molecule has 0 radical (unpaired) electrons. The number of halogens is 1. The van der Waals surface area contributed by atoms with Gasteiger partial charge in [0.1, 0.15) is 0 Å². The van der Waals surface area contributed by atoms with Crippen molar-refractivity contribution < 1.29 is 8.42 Å². The summed E-state index contributed by atoms with van der Waals surface area (Å²) in [5.41, 5.74) is -0.373. The molecule has 102 valence electrons. The highest BCUT2D eigenvalue weighted by atomic mass is 79.9. The molecule has 2 unspecified atom stereocenters. The molecule has 1 aromatic rings. The molecule has 5 nitrogen and oxygen atoms in total. The van der Waals surface area contributed by atoms with E-state index >= 15 is 0 Å². The first-order valence-electron chi connectivity index (χ1n) is 6.07. The molecule has 0 spiro atoms. The molecule has 1 aromatic heterocycles. The number of nitrogens with zero attached hydrogens (tertiary/aromatic N) is 1. The Hall–Kier alpha value is -0.400. The maximum atomic E-state index is 12.2. The first-order chi connectivity index (χ1) is 8.47. The maximum absolute atomic E-state index is 12.2. The van der Waals surface area contributed by atoms with Gasteiger partial charge in [-0.15, -0.1) is 0 Å². The zero-order valence-electron chi connectivity index (χ0n) is 10.3. The van der Waals surface area contributed by atoms with E-state index in [0.717, 1.165) is 19.3 Å². The van der Waals surface area contributed by atoms with Gasteiger partial charge >= 0.3 is 0 Å². The van der Waals surface area contributed by atoms with E-state index < -0.39 is 10.0 Å². The van der Waals surface area contributed by atoms with E-state index in [1.54, 1.807) is 0 Å². The van der Waals surface area contributed by atoms with Crippen molar-refractivity contribution in [3.8, 4) is 0 Å². The SMILES string of the molecule is CC1CCCC(CBr)(NS(=O)(=O)c2ccn[nH]2)C1. The lowest BCUT2D eigenvalue weighted by molar-refractivity contribution is 0.241. The summed E-state index contributed by atoms with van der Waals surface area (Å²) in [4.78, 5) is 0. The lowest BCUT2D eigenvalue weighted by Gasteiger charge is -2.39. The molecule has 0 saturated heterocycles. The quantitative estimate of drug-likeness (QED) is 0.826. The Morgan fingerprint density at radius 3 is 3.00 bits per heavy atom. The molecule has 0 amide bonds. The topological polar surface area (TPSA) is 74.8 Å². The first kappa shape index (κ1) is 14.0. The molecule has 1 aliphatic rings. The van der Waals surface area contributed by atoms with E-state index in [9.17, 15) is 8.42 Å². The summed E-state index contributed by atoms with van der Waals surface area (Å²) in [5, 5.41) is 6.96. The molecule has 1 aliphatic carbocycles. The monoisotopic (exact) mass is 335 g/mol. The molecular weight excluding hydrogens is 318 g/mol. The first-order valence-corrected chi connectivity index (χ1v) is 8.67. The summed E-state index contributed by atoms with van der Waals surface area (Å²) in [6.07, 6.45) is 5.40. The van der Waals surface area contributed by atoms with E-state index in [-0.39, 0.29) is 10.6 Å². The van der Waals surface area contributed by atoms with E-state index in [2.05, 4.69) is 37.8 Å². The van der Waals surface area contributed by atoms with Crippen molar-refractivity contribution >= 4 is 26.0 Å². The smallest absolute Gasteiger partial charge is 0.257 e. The third kappa shape index (κ3) is 2.95. The van der Waals surface area contributed by atoms with Crippen molar-refractivity contribution in [1.29, 1.82) is 0 Å². The number of alkyl halides is 1. The van der Waals surface area contributed by atoms with Gasteiger partial charge in [0.15, 0.2) is 5.03 Å². The molecule has 0 aliphatic heterocycles. The Labute approximate surface area is 116 Å². The van der Waals surface area contributed by atoms with Crippen molar-refractivity contribution in [3.63, 3.8) is 0 Å². The zero-order valence-corrected chi connectivity index (χ0v) is 12.7. The molecule has 0 bridgehead atoms. The predicted molar refractivity (Wildman–Crippen MR) is 73.1 cm³/mol. The van der Waals surface area contributed by atoms with Gasteiger partial charge in [0, 0.05) is 10.9 Å². The number of aromatic amines is 1. The van der Waals surface area contributed by atoms with Crippen LogP contribution in [0.4, 0.5) is 0 Å². The Morgan fingerprint density at radius 2 is 2.44 bits per heavy atom. The summed E-state index contributed by atoms with van der Waals surface area (Å²) < 4.78 is 27.3. The average Bonchev–Trinajstić information content (AvgIpc) is 2.82. The van der Waals surface area contributed by atoms with Crippen LogP contribution in [-0.4, -0.2) is 29.5 Å². The fourth-order valence-corrected chi connectivity index (χ4v) is 4.82. The van der Waals surface area contributed by atoms with Gasteiger partial charge in [0.25, 0.3) is 10.0 Å². The molecular formula is C11H18BrN3O2S. The summed E-state index contributed by atoms with van der Waals surface area (Å²) in [5.74, 6) is 0.542. The molecule has 7 heteroatoms. The van der Waals surface area contributed by atoms with Crippen LogP contribution in [0, 0.1) is 5.92 Å². The third-order valence-electron chi connectivity index (χ3n) is 3.46. The van der Waals surface area contributed by atoms with Crippen molar-refractivity contribution in [3.05, 3.63) is 12.3 Å². The number of nitrogens with one attached hydrogen (secondary N) is 2. The van der Waals surface area contributed by atoms with Gasteiger partial charge in [0.05, 0.1) is 6.20 Å². The van der Waals surface area contributed by atoms with Gasteiger partial charge in [0.2, 0.25) is 0 Å². The van der Waals surface area contributed by atoms with Crippen LogP contribution in [0.5, 0.6) is 0 Å². The van der Waals surface area contributed by atoms with Gasteiger partial charge in [-0.2, -0.15) is 5.10 Å². The molecule has 1 heterocycles. The largest absolute Gasteiger partial charge is 0.266 e. The summed E-state index contributed by atoms with van der Waals surface area (Å²) in [6.45, 7) is 2.17. The molecule has 0 aromatic carbocycles. The van der Waals surface area contributed by atoms with Crippen molar-refractivity contribution in [2.45, 2.75) is 43.2 Å². The Kier molecular flexibility index (Phi) is 4.13. The van der Waals surface area contributed by atoms with Gasteiger partial charge in [-0.1, -0.05) is 35.7 Å². The van der Waals surface area contributed by atoms with Crippen molar-refractivity contribution in [2.24, 2.45) is 5.92 Å². The lowest BCUT2D eigenvalue weighted by atomic mass is 9.78. The summed E-state index contributed by atoms with van der Waals surface area (Å²) >= 11 is 3.46. The second-order valence-electron chi connectivity index (χ2n) is 5.14. The average molecular weight is 336 g/mol. The highest BCUT2D eigenvalue weighted by Crippen LogP contribution is 2.34. The molecule has 2 N–H and O–H groups in total. The van der Waals surface area contributed by atoms with E-state index in [1.807, 2.05) is 0 Å². The molecule has 2 rings (SSSR count). The Bertz CT molecular complexity index is 488. The molecule has 18 heavy (non-hydrogen) atoms. The summed E-state index contributed by atoms with van der Waals surface area (Å²) in [6, 6.07) is 1.47. The van der Waals surface area contributed by atoms with Crippen LogP contribution >= 0.6 is 15.9 Å². The molecule has 2 atom stereocenters. The predicted octanol–water partition coefficient (Wildman–Crippen LogP) is 2.03. The highest BCUT2D eigenvalue weighted by Gasteiger charge is 2.38. The minimum Gasteiger partial charge on any atom is -0.266 e. The molecule has 1 saturated carbocycles. The Balaban J connectivity index is 2.20. The highest BCUT2D eigenvalue weighted by molar-refractivity contribution is 9.09. The normalized spacial score (nSPS) is 29.3. The fourth-order valence-electron chi connectivity index (χ4n) is 2.63. The zero-order chi connectivity index (χ0) is 13.2. The summed E-state index contributed by atoms with van der Waals surface area (Å²) in [7, 11) is -3.51. The second kappa shape index (κ2) is 5.30. The fraction of sp³-hybridized carbons (Fsp3) is 0.727. The number of H-pyrrole nitrogens is 1. The standard InChI is InChI=1S/C11H18BrN3O2S/c1-9-3-2-5-11(7-9,8-12)15-18(16,17)10-4-6-13-14-10/h4,6,9,15H,2-3,5,7-8H2,1H3,(H,13,14). The van der Waals surface area contributed by atoms with E-state index in [0.29, 0.717) is 11.2 Å². The van der Waals surface area contributed by atoms with Crippen molar-refractivity contribution in [2.75, 3.05) is 5.33 Å². The van der Waals surface area contributed by atoms with Crippen LogP contribution < -0.4 is 4.72 Å². The third-order valence-corrected chi connectivity index (χ3v) is 6.04. The number of hydrogen-bond acceptors (Lipinski definition) is 3. The van der Waals surface area contributed by atoms with Gasteiger partial charge < -0.3 is 0 Å². The van der Waals surface area contributed by atoms with Crippen LogP contribution in [0.3, 0.4) is 0 Å². The van der Waals surface area contributed by atoms with Gasteiger partial charge in [-0.25, -0.2) is 13.1 Å². The number of hydrogen-bond donors (Lipinski definition) is 2. The maximum Gasteiger partial charge on any atom is 0.257 e. The van der Waals surface area contributed by atoms with Crippen molar-refractivity contribution in [1.82, 2.24) is 14.9 Å². The number of rotatable bonds is 4. The van der Waals surface area contributed by atoms with Crippen LogP contribution in [0.1, 0.15) is 32.6 Å².